The highest BCUT2D eigenvalue weighted by Crippen LogP contribution is 2.18. The van der Waals surface area contributed by atoms with E-state index in [2.05, 4.69) is 4.98 Å². The van der Waals surface area contributed by atoms with Gasteiger partial charge >= 0.3 is 0 Å². The lowest BCUT2D eigenvalue weighted by atomic mass is 10.1. The SMILES string of the molecule is CC(C)(CCO)Oc1cccnc1. The zero-order chi connectivity index (χ0) is 9.73. The van der Waals surface area contributed by atoms with Gasteiger partial charge in [0.25, 0.3) is 0 Å². The van der Waals surface area contributed by atoms with E-state index in [4.69, 9.17) is 9.84 Å². The normalized spacial score (nSPS) is 11.3. The fourth-order valence-electron chi connectivity index (χ4n) is 1.05. The van der Waals surface area contributed by atoms with Gasteiger partial charge in [0.15, 0.2) is 0 Å². The molecule has 0 aliphatic heterocycles. The summed E-state index contributed by atoms with van der Waals surface area (Å²) in [4.78, 5) is 3.94. The highest BCUT2D eigenvalue weighted by Gasteiger charge is 2.18. The van der Waals surface area contributed by atoms with Crippen LogP contribution in [0.25, 0.3) is 0 Å². The van der Waals surface area contributed by atoms with E-state index < -0.39 is 0 Å². The molecular formula is C10H15NO2. The largest absolute Gasteiger partial charge is 0.486 e. The summed E-state index contributed by atoms with van der Waals surface area (Å²) in [6.45, 7) is 4.01. The minimum Gasteiger partial charge on any atom is -0.486 e. The van der Waals surface area contributed by atoms with Gasteiger partial charge in [-0.25, -0.2) is 0 Å². The molecule has 1 rings (SSSR count). The van der Waals surface area contributed by atoms with Crippen molar-refractivity contribution in [3.63, 3.8) is 0 Å². The monoisotopic (exact) mass is 181 g/mol. The molecule has 0 atom stereocenters. The summed E-state index contributed by atoms with van der Waals surface area (Å²) in [6, 6.07) is 3.68. The van der Waals surface area contributed by atoms with Crippen molar-refractivity contribution >= 4 is 0 Å². The van der Waals surface area contributed by atoms with E-state index in [0.717, 1.165) is 5.75 Å². The van der Waals surface area contributed by atoms with E-state index in [-0.39, 0.29) is 12.2 Å². The number of pyridine rings is 1. The van der Waals surface area contributed by atoms with E-state index in [0.29, 0.717) is 6.42 Å². The Labute approximate surface area is 78.4 Å². The third-order valence-corrected chi connectivity index (χ3v) is 1.74. The quantitative estimate of drug-likeness (QED) is 0.767. The Hall–Kier alpha value is -1.09. The van der Waals surface area contributed by atoms with Gasteiger partial charge in [-0.2, -0.15) is 0 Å². The zero-order valence-corrected chi connectivity index (χ0v) is 8.03. The first kappa shape index (κ1) is 9.99. The van der Waals surface area contributed by atoms with Gasteiger partial charge in [-0.05, 0) is 26.0 Å². The minimum absolute atomic E-state index is 0.132. The van der Waals surface area contributed by atoms with Crippen LogP contribution >= 0.6 is 0 Å². The number of rotatable bonds is 4. The van der Waals surface area contributed by atoms with Gasteiger partial charge in [-0.1, -0.05) is 0 Å². The second-order valence-electron chi connectivity index (χ2n) is 3.52. The predicted octanol–water partition coefficient (Wildman–Crippen LogP) is 1.62. The van der Waals surface area contributed by atoms with Crippen LogP contribution in [-0.4, -0.2) is 22.3 Å². The second-order valence-corrected chi connectivity index (χ2v) is 3.52. The molecule has 1 N–H and O–H groups in total. The molecule has 1 aromatic heterocycles. The number of aromatic nitrogens is 1. The fourth-order valence-corrected chi connectivity index (χ4v) is 1.05. The molecule has 1 aromatic rings. The first-order valence-electron chi connectivity index (χ1n) is 4.34. The number of hydrogen-bond acceptors (Lipinski definition) is 3. The van der Waals surface area contributed by atoms with Crippen molar-refractivity contribution in [3.8, 4) is 5.75 Å². The van der Waals surface area contributed by atoms with E-state index in [1.807, 2.05) is 26.0 Å². The van der Waals surface area contributed by atoms with Gasteiger partial charge in [0.2, 0.25) is 0 Å². The summed E-state index contributed by atoms with van der Waals surface area (Å²) < 4.78 is 5.62. The van der Waals surface area contributed by atoms with Crippen LogP contribution < -0.4 is 4.74 Å². The molecule has 0 fully saturated rings. The number of nitrogens with zero attached hydrogens (tertiary/aromatic N) is 1. The van der Waals surface area contributed by atoms with Crippen LogP contribution in [0.2, 0.25) is 0 Å². The predicted molar refractivity (Wildman–Crippen MR) is 50.6 cm³/mol. The Morgan fingerprint density at radius 2 is 2.31 bits per heavy atom. The van der Waals surface area contributed by atoms with Crippen LogP contribution in [0, 0.1) is 0 Å². The average Bonchev–Trinajstić information content (AvgIpc) is 2.04. The van der Waals surface area contributed by atoms with Crippen molar-refractivity contribution in [2.75, 3.05) is 6.61 Å². The molecule has 0 spiro atoms. The van der Waals surface area contributed by atoms with E-state index in [9.17, 15) is 0 Å². The molecule has 0 aliphatic rings. The maximum absolute atomic E-state index is 8.78. The molecule has 72 valence electrons. The van der Waals surface area contributed by atoms with Crippen LogP contribution in [0.1, 0.15) is 20.3 Å². The first-order chi connectivity index (χ1) is 6.14. The molecule has 1 heterocycles. The number of ether oxygens (including phenoxy) is 1. The Balaban J connectivity index is 2.58. The minimum atomic E-state index is -0.336. The van der Waals surface area contributed by atoms with Crippen molar-refractivity contribution in [1.82, 2.24) is 4.98 Å². The standard InChI is InChI=1S/C10H15NO2/c1-10(2,5-7-12)13-9-4-3-6-11-8-9/h3-4,6,8,12H,5,7H2,1-2H3. The van der Waals surface area contributed by atoms with Crippen molar-refractivity contribution in [2.24, 2.45) is 0 Å². The maximum Gasteiger partial charge on any atom is 0.138 e. The summed E-state index contributed by atoms with van der Waals surface area (Å²) >= 11 is 0. The smallest absolute Gasteiger partial charge is 0.138 e. The first-order valence-corrected chi connectivity index (χ1v) is 4.34. The van der Waals surface area contributed by atoms with Crippen molar-refractivity contribution in [1.29, 1.82) is 0 Å². The summed E-state index contributed by atoms with van der Waals surface area (Å²) in [5.41, 5.74) is -0.336. The number of aliphatic hydroxyl groups is 1. The summed E-state index contributed by atoms with van der Waals surface area (Å²) in [7, 11) is 0. The van der Waals surface area contributed by atoms with E-state index >= 15 is 0 Å². The number of aliphatic hydroxyl groups excluding tert-OH is 1. The molecule has 13 heavy (non-hydrogen) atoms. The van der Waals surface area contributed by atoms with Crippen molar-refractivity contribution in [2.45, 2.75) is 25.9 Å². The topological polar surface area (TPSA) is 42.4 Å². The highest BCUT2D eigenvalue weighted by atomic mass is 16.5. The van der Waals surface area contributed by atoms with Gasteiger partial charge < -0.3 is 9.84 Å². The molecule has 0 unspecified atom stereocenters. The molecule has 0 aliphatic carbocycles. The number of hydrogen-bond donors (Lipinski definition) is 1. The summed E-state index contributed by atoms with van der Waals surface area (Å²) in [5.74, 6) is 0.737. The lowest BCUT2D eigenvalue weighted by Crippen LogP contribution is -2.29. The van der Waals surface area contributed by atoms with Gasteiger partial charge in [-0.15, -0.1) is 0 Å². The van der Waals surface area contributed by atoms with Crippen LogP contribution in [0.3, 0.4) is 0 Å². The fraction of sp³-hybridized carbons (Fsp3) is 0.500. The van der Waals surface area contributed by atoms with Gasteiger partial charge in [0, 0.05) is 19.2 Å². The second kappa shape index (κ2) is 4.23. The van der Waals surface area contributed by atoms with E-state index in [1.54, 1.807) is 12.4 Å². The van der Waals surface area contributed by atoms with Crippen molar-refractivity contribution in [3.05, 3.63) is 24.5 Å². The Bertz CT molecular complexity index is 246. The van der Waals surface area contributed by atoms with Gasteiger partial charge in [0.1, 0.15) is 11.4 Å². The van der Waals surface area contributed by atoms with E-state index in [1.165, 1.54) is 0 Å². The molecule has 3 heteroatoms. The zero-order valence-electron chi connectivity index (χ0n) is 8.03. The molecular weight excluding hydrogens is 166 g/mol. The molecule has 0 aromatic carbocycles. The summed E-state index contributed by atoms with van der Waals surface area (Å²) in [6.07, 6.45) is 3.98. The lowest BCUT2D eigenvalue weighted by molar-refractivity contribution is 0.0761. The van der Waals surface area contributed by atoms with Gasteiger partial charge in [-0.3, -0.25) is 4.98 Å². The lowest BCUT2D eigenvalue weighted by Gasteiger charge is -2.25. The third-order valence-electron chi connectivity index (χ3n) is 1.74. The Morgan fingerprint density at radius 1 is 1.54 bits per heavy atom. The molecule has 3 nitrogen and oxygen atoms in total. The average molecular weight is 181 g/mol. The Morgan fingerprint density at radius 3 is 2.85 bits per heavy atom. The molecule has 0 bridgehead atoms. The molecule has 0 amide bonds. The summed E-state index contributed by atoms with van der Waals surface area (Å²) in [5, 5.41) is 8.78. The van der Waals surface area contributed by atoms with Crippen LogP contribution in [0.15, 0.2) is 24.5 Å². The van der Waals surface area contributed by atoms with Crippen LogP contribution in [-0.2, 0) is 0 Å². The Kier molecular flexibility index (Phi) is 3.25. The van der Waals surface area contributed by atoms with Crippen molar-refractivity contribution < 1.29 is 9.84 Å². The van der Waals surface area contributed by atoms with Crippen LogP contribution in [0.5, 0.6) is 5.75 Å². The molecule has 0 radical (unpaired) electrons. The maximum atomic E-state index is 8.78. The highest BCUT2D eigenvalue weighted by molar-refractivity contribution is 5.16. The van der Waals surface area contributed by atoms with Gasteiger partial charge in [0.05, 0.1) is 6.20 Å². The van der Waals surface area contributed by atoms with Crippen LogP contribution in [0.4, 0.5) is 0 Å². The molecule has 0 saturated carbocycles. The molecule has 0 saturated heterocycles. The third kappa shape index (κ3) is 3.42.